The van der Waals surface area contributed by atoms with E-state index in [0.29, 0.717) is 18.8 Å². The monoisotopic (exact) mass is 502 g/mol. The molecule has 11 atom stereocenters. The van der Waals surface area contributed by atoms with Crippen molar-refractivity contribution in [3.05, 3.63) is 11.6 Å². The van der Waals surface area contributed by atoms with Gasteiger partial charge in [-0.1, -0.05) is 40.2 Å². The summed E-state index contributed by atoms with van der Waals surface area (Å²) in [6, 6.07) is 0. The standard InChI is InChI=1S/C30H46O6/c1-26(2)23-18(31)13-16-14-27(3)11-9-21-28(4,12-10-22(33)30(21,6)25(35)36)20(27)8-7-17(16)29(23,5)15-19(32)24(26)34/h13,17,19-24,32-34H,7-12,14-15H2,1-6H3,(H,35,36)/t17-,19+,20-,21+,22+,23-,24+,27-,28+,29+,30+/m0/s1. The summed E-state index contributed by atoms with van der Waals surface area (Å²) in [6.45, 7) is 12.4. The van der Waals surface area contributed by atoms with Gasteiger partial charge in [-0.25, -0.2) is 0 Å². The normalized spacial score (nSPS) is 54.2. The summed E-state index contributed by atoms with van der Waals surface area (Å²) in [5.41, 5.74) is -1.33. The fraction of sp³-hybridized carbons (Fsp3) is 0.867. The Hall–Kier alpha value is -1.24. The number of carbonyl (C=O) groups is 2. The second kappa shape index (κ2) is 7.89. The summed E-state index contributed by atoms with van der Waals surface area (Å²) in [4.78, 5) is 26.2. The largest absolute Gasteiger partial charge is 0.481 e. The lowest BCUT2D eigenvalue weighted by atomic mass is 9.41. The molecule has 0 aliphatic heterocycles. The maximum atomic E-state index is 13.7. The van der Waals surface area contributed by atoms with Crippen molar-refractivity contribution in [3.63, 3.8) is 0 Å². The summed E-state index contributed by atoms with van der Waals surface area (Å²) in [6.07, 6.45) is 5.35. The number of carboxylic acids is 1. The number of aliphatic carboxylic acids is 1. The fourth-order valence-electron chi connectivity index (χ4n) is 11.0. The Morgan fingerprint density at radius 1 is 0.889 bits per heavy atom. The Bertz CT molecular complexity index is 1000. The van der Waals surface area contributed by atoms with Crippen LogP contribution in [0.1, 0.15) is 92.9 Å². The molecular formula is C30H46O6. The first-order chi connectivity index (χ1) is 16.5. The highest BCUT2D eigenvalue weighted by Crippen LogP contribution is 2.70. The first-order valence-corrected chi connectivity index (χ1v) is 14.1. The lowest BCUT2D eigenvalue weighted by molar-refractivity contribution is -0.199. The number of rotatable bonds is 1. The number of carboxylic acid groups (broad SMARTS) is 1. The van der Waals surface area contributed by atoms with Crippen molar-refractivity contribution < 1.29 is 30.0 Å². The van der Waals surface area contributed by atoms with Gasteiger partial charge >= 0.3 is 5.97 Å². The molecule has 0 aromatic carbocycles. The number of aliphatic hydroxyl groups is 3. The maximum Gasteiger partial charge on any atom is 0.312 e. The van der Waals surface area contributed by atoms with Crippen LogP contribution in [-0.4, -0.2) is 50.5 Å². The average molecular weight is 503 g/mol. The van der Waals surface area contributed by atoms with Gasteiger partial charge in [0.25, 0.3) is 0 Å². The summed E-state index contributed by atoms with van der Waals surface area (Å²) in [5.74, 6) is -0.780. The van der Waals surface area contributed by atoms with Gasteiger partial charge in [0.1, 0.15) is 0 Å². The van der Waals surface area contributed by atoms with Crippen molar-refractivity contribution in [1.82, 2.24) is 0 Å². The van der Waals surface area contributed by atoms with Crippen LogP contribution in [0.3, 0.4) is 0 Å². The van der Waals surface area contributed by atoms with E-state index >= 15 is 0 Å². The Labute approximate surface area is 215 Å². The van der Waals surface area contributed by atoms with Gasteiger partial charge < -0.3 is 20.4 Å². The smallest absolute Gasteiger partial charge is 0.312 e. The molecule has 0 radical (unpaired) electrons. The van der Waals surface area contributed by atoms with Crippen molar-refractivity contribution in [3.8, 4) is 0 Å². The quantitative estimate of drug-likeness (QED) is 0.424. The molecule has 4 fully saturated rings. The zero-order chi connectivity index (χ0) is 26.6. The van der Waals surface area contributed by atoms with Crippen molar-refractivity contribution >= 4 is 11.8 Å². The van der Waals surface area contributed by atoms with Crippen LogP contribution in [0.2, 0.25) is 0 Å². The van der Waals surface area contributed by atoms with E-state index in [1.54, 1.807) is 6.92 Å². The highest BCUT2D eigenvalue weighted by Gasteiger charge is 2.67. The minimum atomic E-state index is -1.15. The van der Waals surface area contributed by atoms with E-state index in [-0.39, 0.29) is 34.4 Å². The second-order valence-electron chi connectivity index (χ2n) is 14.9. The van der Waals surface area contributed by atoms with Crippen LogP contribution in [0.25, 0.3) is 0 Å². The van der Waals surface area contributed by atoms with Gasteiger partial charge in [-0.3, -0.25) is 9.59 Å². The first-order valence-electron chi connectivity index (χ1n) is 14.1. The number of hydrogen-bond donors (Lipinski definition) is 4. The molecule has 0 saturated heterocycles. The Balaban J connectivity index is 1.56. The predicted molar refractivity (Wildman–Crippen MR) is 136 cm³/mol. The van der Waals surface area contributed by atoms with Crippen LogP contribution >= 0.6 is 0 Å². The van der Waals surface area contributed by atoms with Crippen LogP contribution < -0.4 is 0 Å². The molecule has 202 valence electrons. The second-order valence-corrected chi connectivity index (χ2v) is 14.9. The third kappa shape index (κ3) is 3.19. The van der Waals surface area contributed by atoms with Crippen molar-refractivity contribution in [2.24, 2.45) is 50.7 Å². The number of hydrogen-bond acceptors (Lipinski definition) is 5. The van der Waals surface area contributed by atoms with E-state index in [1.807, 2.05) is 19.9 Å². The van der Waals surface area contributed by atoms with Gasteiger partial charge in [0.2, 0.25) is 0 Å². The molecule has 5 rings (SSSR count). The summed E-state index contributed by atoms with van der Waals surface area (Å²) in [5, 5.41) is 42.8. The van der Waals surface area contributed by atoms with Crippen molar-refractivity contribution in [2.45, 2.75) is 111 Å². The van der Waals surface area contributed by atoms with E-state index in [0.717, 1.165) is 38.5 Å². The van der Waals surface area contributed by atoms with Crippen LogP contribution in [0, 0.1) is 50.7 Å². The third-order valence-corrected chi connectivity index (χ3v) is 12.7. The van der Waals surface area contributed by atoms with E-state index in [2.05, 4.69) is 20.8 Å². The van der Waals surface area contributed by atoms with E-state index in [1.165, 1.54) is 5.57 Å². The van der Waals surface area contributed by atoms with Crippen LogP contribution in [0.5, 0.6) is 0 Å². The summed E-state index contributed by atoms with van der Waals surface area (Å²) >= 11 is 0. The molecule has 6 heteroatoms. The van der Waals surface area contributed by atoms with E-state index in [9.17, 15) is 30.0 Å². The molecule has 0 amide bonds. The minimum absolute atomic E-state index is 0.0423. The molecule has 4 N–H and O–H groups in total. The molecule has 36 heavy (non-hydrogen) atoms. The lowest BCUT2D eigenvalue weighted by Crippen LogP contribution is -2.62. The summed E-state index contributed by atoms with van der Waals surface area (Å²) in [7, 11) is 0. The predicted octanol–water partition coefficient (Wildman–Crippen LogP) is 4.35. The minimum Gasteiger partial charge on any atom is -0.481 e. The highest BCUT2D eigenvalue weighted by atomic mass is 16.4. The van der Waals surface area contributed by atoms with Gasteiger partial charge in [0.05, 0.1) is 23.7 Å². The third-order valence-electron chi connectivity index (χ3n) is 12.7. The molecule has 0 bridgehead atoms. The zero-order valence-corrected chi connectivity index (χ0v) is 22.9. The van der Waals surface area contributed by atoms with Gasteiger partial charge in [0.15, 0.2) is 5.78 Å². The molecule has 0 aromatic heterocycles. The molecule has 5 aliphatic carbocycles. The summed E-state index contributed by atoms with van der Waals surface area (Å²) < 4.78 is 0. The number of fused-ring (bicyclic) bond motifs is 6. The van der Waals surface area contributed by atoms with Crippen molar-refractivity contribution in [1.29, 1.82) is 0 Å². The molecule has 5 aliphatic rings. The van der Waals surface area contributed by atoms with Gasteiger partial charge in [-0.2, -0.15) is 0 Å². The number of carbonyl (C=O) groups excluding carboxylic acids is 1. The Morgan fingerprint density at radius 3 is 2.19 bits per heavy atom. The first kappa shape index (κ1) is 26.4. The van der Waals surface area contributed by atoms with Crippen LogP contribution in [0.15, 0.2) is 11.6 Å². The zero-order valence-electron chi connectivity index (χ0n) is 22.9. The molecular weight excluding hydrogens is 456 g/mol. The average Bonchev–Trinajstić information content (AvgIpc) is 2.91. The Morgan fingerprint density at radius 2 is 1.56 bits per heavy atom. The van der Waals surface area contributed by atoms with Crippen molar-refractivity contribution in [2.75, 3.05) is 0 Å². The molecule has 0 heterocycles. The molecule has 0 spiro atoms. The highest BCUT2D eigenvalue weighted by molar-refractivity contribution is 5.95. The number of aliphatic hydroxyl groups excluding tert-OH is 3. The topological polar surface area (TPSA) is 115 Å². The number of allylic oxidation sites excluding steroid dienone is 2. The van der Waals surface area contributed by atoms with Crippen LogP contribution in [-0.2, 0) is 9.59 Å². The SMILES string of the molecule is CC1(C)[C@H](O)[C@H](O)C[C@]2(C)[C@H]3CC[C@H]4[C@@](C)(CC[C@@H]5[C@]4(C)CC[C@@H](O)[C@]5(C)C(=O)O)CC3=CC(=O)[C@@H]12. The van der Waals surface area contributed by atoms with Gasteiger partial charge in [-0.05, 0) is 98.4 Å². The molecule has 4 saturated carbocycles. The lowest BCUT2D eigenvalue weighted by Gasteiger charge is -2.63. The van der Waals surface area contributed by atoms with E-state index < -0.39 is 40.5 Å². The Kier molecular flexibility index (Phi) is 5.78. The van der Waals surface area contributed by atoms with E-state index in [4.69, 9.17) is 0 Å². The molecule has 6 nitrogen and oxygen atoms in total. The van der Waals surface area contributed by atoms with Gasteiger partial charge in [-0.15, -0.1) is 0 Å². The van der Waals surface area contributed by atoms with Crippen LogP contribution in [0.4, 0.5) is 0 Å². The van der Waals surface area contributed by atoms with Gasteiger partial charge in [0, 0.05) is 11.3 Å². The molecule has 0 unspecified atom stereocenters. The maximum absolute atomic E-state index is 13.7. The number of ketones is 1. The fourth-order valence-corrected chi connectivity index (χ4v) is 11.0. The molecule has 0 aromatic rings.